The summed E-state index contributed by atoms with van der Waals surface area (Å²) in [7, 11) is 3.46. The normalized spacial score (nSPS) is 35.7. The minimum absolute atomic E-state index is 0.0671. The molecule has 0 aromatic heterocycles. The van der Waals surface area contributed by atoms with Crippen molar-refractivity contribution in [2.45, 2.75) is 43.9 Å². The third-order valence-electron chi connectivity index (χ3n) is 5.30. The van der Waals surface area contributed by atoms with E-state index in [9.17, 15) is 9.90 Å². The summed E-state index contributed by atoms with van der Waals surface area (Å²) in [5.41, 5.74) is 2.39. The maximum atomic E-state index is 12.3. The SMILES string of the molecule is COC(=O)[C@@H]1C2C[C@H](O)C(C[C@H]1c1ccc(C)cc1)N2C. The van der Waals surface area contributed by atoms with Gasteiger partial charge in [0, 0.05) is 18.0 Å². The Morgan fingerprint density at radius 2 is 1.90 bits per heavy atom. The third-order valence-corrected chi connectivity index (χ3v) is 5.30. The number of hydrogen-bond donors (Lipinski definition) is 1. The summed E-state index contributed by atoms with van der Waals surface area (Å²) < 4.78 is 5.05. The van der Waals surface area contributed by atoms with Crippen molar-refractivity contribution in [2.24, 2.45) is 5.92 Å². The van der Waals surface area contributed by atoms with Crippen LogP contribution in [0, 0.1) is 12.8 Å². The van der Waals surface area contributed by atoms with Crippen LogP contribution in [0.15, 0.2) is 24.3 Å². The molecule has 0 saturated carbocycles. The summed E-state index contributed by atoms with van der Waals surface area (Å²) in [4.78, 5) is 14.5. The van der Waals surface area contributed by atoms with E-state index >= 15 is 0 Å². The van der Waals surface area contributed by atoms with Crippen molar-refractivity contribution in [3.05, 3.63) is 35.4 Å². The average Bonchev–Trinajstić information content (AvgIpc) is 2.66. The fourth-order valence-electron chi connectivity index (χ4n) is 4.10. The largest absolute Gasteiger partial charge is 0.469 e. The van der Waals surface area contributed by atoms with Crippen LogP contribution in [0.5, 0.6) is 0 Å². The highest BCUT2D eigenvalue weighted by atomic mass is 16.5. The molecule has 4 heteroatoms. The minimum atomic E-state index is -0.345. The van der Waals surface area contributed by atoms with Crippen LogP contribution in [0.4, 0.5) is 0 Å². The van der Waals surface area contributed by atoms with E-state index in [-0.39, 0.29) is 36.0 Å². The van der Waals surface area contributed by atoms with Crippen LogP contribution in [0.25, 0.3) is 0 Å². The number of nitrogens with zero attached hydrogens (tertiary/aromatic N) is 1. The Morgan fingerprint density at radius 1 is 1.24 bits per heavy atom. The standard InChI is InChI=1S/C17H23NO3/c1-10-4-6-11(7-5-10)12-8-13-15(19)9-14(18(13)2)16(12)17(20)21-3/h4-7,12-16,19H,8-9H2,1-3H3/t12-,13?,14?,15-,16-/m0/s1. The van der Waals surface area contributed by atoms with Crippen molar-refractivity contribution < 1.29 is 14.6 Å². The summed E-state index contributed by atoms with van der Waals surface area (Å²) in [6.07, 6.45) is 1.11. The first-order chi connectivity index (χ1) is 10.0. The lowest BCUT2D eigenvalue weighted by atomic mass is 9.76. The Bertz CT molecular complexity index is 527. The van der Waals surface area contributed by atoms with Gasteiger partial charge >= 0.3 is 5.97 Å². The number of aliphatic hydroxyl groups is 1. The van der Waals surface area contributed by atoms with Crippen LogP contribution in [0.3, 0.4) is 0 Å². The molecule has 5 atom stereocenters. The molecule has 0 aliphatic carbocycles. The van der Waals surface area contributed by atoms with Crippen LogP contribution in [-0.2, 0) is 9.53 Å². The van der Waals surface area contributed by atoms with Crippen molar-refractivity contribution >= 4 is 5.97 Å². The van der Waals surface area contributed by atoms with Crippen LogP contribution in [0.2, 0.25) is 0 Å². The van der Waals surface area contributed by atoms with Gasteiger partial charge in [0.05, 0.1) is 19.1 Å². The first-order valence-electron chi connectivity index (χ1n) is 7.57. The summed E-state index contributed by atoms with van der Waals surface area (Å²) in [6, 6.07) is 8.58. The zero-order valence-corrected chi connectivity index (χ0v) is 12.8. The van der Waals surface area contributed by atoms with E-state index in [4.69, 9.17) is 4.74 Å². The van der Waals surface area contributed by atoms with E-state index in [0.29, 0.717) is 6.42 Å². The summed E-state index contributed by atoms with van der Waals surface area (Å²) in [5, 5.41) is 10.3. The maximum Gasteiger partial charge on any atom is 0.310 e. The van der Waals surface area contributed by atoms with Crippen molar-refractivity contribution in [3.8, 4) is 0 Å². The number of carbonyl (C=O) groups excluding carboxylic acids is 1. The predicted octanol–water partition coefficient (Wildman–Crippen LogP) is 1.71. The van der Waals surface area contributed by atoms with Gasteiger partial charge in [-0.25, -0.2) is 0 Å². The Kier molecular flexibility index (Phi) is 3.76. The highest BCUT2D eigenvalue weighted by Gasteiger charge is 2.53. The van der Waals surface area contributed by atoms with Crippen molar-refractivity contribution in [1.82, 2.24) is 4.90 Å². The van der Waals surface area contributed by atoms with Gasteiger partial charge in [0.1, 0.15) is 0 Å². The van der Waals surface area contributed by atoms with Gasteiger partial charge in [0.25, 0.3) is 0 Å². The van der Waals surface area contributed by atoms with Gasteiger partial charge in [-0.2, -0.15) is 0 Å². The van der Waals surface area contributed by atoms with Crippen molar-refractivity contribution in [2.75, 3.05) is 14.2 Å². The van der Waals surface area contributed by atoms with Gasteiger partial charge in [-0.1, -0.05) is 29.8 Å². The predicted molar refractivity (Wildman–Crippen MR) is 80.0 cm³/mol. The topological polar surface area (TPSA) is 49.8 Å². The van der Waals surface area contributed by atoms with Gasteiger partial charge in [-0.3, -0.25) is 9.69 Å². The lowest BCUT2D eigenvalue weighted by Gasteiger charge is -2.41. The van der Waals surface area contributed by atoms with Crippen molar-refractivity contribution in [3.63, 3.8) is 0 Å². The molecule has 1 aromatic rings. The molecule has 2 heterocycles. The van der Waals surface area contributed by atoms with E-state index in [2.05, 4.69) is 36.1 Å². The summed E-state index contributed by atoms with van der Waals surface area (Å²) >= 11 is 0. The van der Waals surface area contributed by atoms with E-state index in [1.165, 1.54) is 18.2 Å². The Balaban J connectivity index is 1.97. The number of aliphatic hydroxyl groups excluding tert-OH is 1. The molecule has 2 aliphatic heterocycles. The van der Waals surface area contributed by atoms with E-state index in [1.54, 1.807) is 0 Å². The molecule has 114 valence electrons. The van der Waals surface area contributed by atoms with Gasteiger partial charge in [0.2, 0.25) is 0 Å². The minimum Gasteiger partial charge on any atom is -0.469 e. The molecule has 0 radical (unpaired) electrons. The van der Waals surface area contributed by atoms with Crippen LogP contribution in [0.1, 0.15) is 29.9 Å². The molecule has 2 saturated heterocycles. The lowest BCUT2D eigenvalue weighted by molar-refractivity contribution is -0.150. The van der Waals surface area contributed by atoms with Gasteiger partial charge in [0.15, 0.2) is 0 Å². The smallest absolute Gasteiger partial charge is 0.310 e. The first-order valence-corrected chi connectivity index (χ1v) is 7.57. The second kappa shape index (κ2) is 5.43. The molecule has 3 rings (SSSR count). The molecule has 2 bridgehead atoms. The molecular weight excluding hydrogens is 266 g/mol. The van der Waals surface area contributed by atoms with Gasteiger partial charge < -0.3 is 9.84 Å². The van der Waals surface area contributed by atoms with E-state index in [1.807, 2.05) is 7.05 Å². The number of esters is 1. The van der Waals surface area contributed by atoms with E-state index in [0.717, 1.165) is 6.42 Å². The zero-order valence-electron chi connectivity index (χ0n) is 12.8. The van der Waals surface area contributed by atoms with Crippen molar-refractivity contribution in [1.29, 1.82) is 0 Å². The molecular formula is C17H23NO3. The van der Waals surface area contributed by atoms with Gasteiger partial charge in [-0.15, -0.1) is 0 Å². The Hall–Kier alpha value is -1.39. The number of piperidine rings is 1. The highest BCUT2D eigenvalue weighted by Crippen LogP contribution is 2.46. The number of ether oxygens (including phenoxy) is 1. The number of hydrogen-bond acceptors (Lipinski definition) is 4. The fraction of sp³-hybridized carbons (Fsp3) is 0.588. The number of aryl methyl sites for hydroxylation is 1. The molecule has 1 aromatic carbocycles. The monoisotopic (exact) mass is 289 g/mol. The highest BCUT2D eigenvalue weighted by molar-refractivity contribution is 5.75. The van der Waals surface area contributed by atoms with E-state index < -0.39 is 0 Å². The second-order valence-corrected chi connectivity index (χ2v) is 6.41. The molecule has 2 fully saturated rings. The molecule has 2 unspecified atom stereocenters. The number of methoxy groups -OCH3 is 1. The second-order valence-electron chi connectivity index (χ2n) is 6.41. The Labute approximate surface area is 125 Å². The molecule has 2 aliphatic rings. The number of likely N-dealkylation sites (N-methyl/N-ethyl adjacent to an activating group) is 1. The molecule has 0 spiro atoms. The molecule has 1 N–H and O–H groups in total. The molecule has 0 amide bonds. The van der Waals surface area contributed by atoms with Crippen LogP contribution in [-0.4, -0.2) is 48.3 Å². The fourth-order valence-corrected chi connectivity index (χ4v) is 4.10. The number of fused-ring (bicyclic) bond motifs is 2. The number of rotatable bonds is 2. The summed E-state index contributed by atoms with van der Waals surface area (Å²) in [5.74, 6) is -0.234. The first kappa shape index (κ1) is 14.5. The average molecular weight is 289 g/mol. The van der Waals surface area contributed by atoms with Crippen LogP contribution < -0.4 is 0 Å². The summed E-state index contributed by atoms with van der Waals surface area (Å²) in [6.45, 7) is 2.06. The zero-order chi connectivity index (χ0) is 15.1. The number of benzene rings is 1. The van der Waals surface area contributed by atoms with Gasteiger partial charge in [-0.05, 0) is 32.4 Å². The quantitative estimate of drug-likeness (QED) is 0.842. The maximum absolute atomic E-state index is 12.3. The third kappa shape index (κ3) is 2.36. The molecule has 4 nitrogen and oxygen atoms in total. The lowest BCUT2D eigenvalue weighted by Crippen LogP contribution is -2.49. The number of carbonyl (C=O) groups is 1. The Morgan fingerprint density at radius 3 is 2.52 bits per heavy atom. The molecule has 21 heavy (non-hydrogen) atoms. The van der Waals surface area contributed by atoms with Crippen LogP contribution >= 0.6 is 0 Å².